The van der Waals surface area contributed by atoms with Gasteiger partial charge in [-0.2, -0.15) is 5.10 Å². The van der Waals surface area contributed by atoms with Crippen LogP contribution in [0.1, 0.15) is 6.04 Å². The third-order valence-electron chi connectivity index (χ3n) is 3.61. The van der Waals surface area contributed by atoms with Gasteiger partial charge in [0.25, 0.3) is 0 Å². The van der Waals surface area contributed by atoms with E-state index in [0.717, 1.165) is 32.7 Å². The van der Waals surface area contributed by atoms with E-state index in [1.54, 1.807) is 0 Å². The Morgan fingerprint density at radius 1 is 1.39 bits per heavy atom. The van der Waals surface area contributed by atoms with E-state index in [1.165, 1.54) is 0 Å². The van der Waals surface area contributed by atoms with E-state index in [2.05, 4.69) is 10.00 Å². The van der Waals surface area contributed by atoms with Gasteiger partial charge in [-0.1, -0.05) is 0 Å². The van der Waals surface area contributed by atoms with Crippen LogP contribution in [0.4, 0.5) is 0 Å². The van der Waals surface area contributed by atoms with Gasteiger partial charge in [-0.05, 0) is 6.07 Å². The van der Waals surface area contributed by atoms with Gasteiger partial charge in [0, 0.05) is 45.1 Å². The van der Waals surface area contributed by atoms with Crippen molar-refractivity contribution >= 4 is 5.91 Å². The molecule has 2 saturated heterocycles. The van der Waals surface area contributed by atoms with Crippen molar-refractivity contribution in [3.63, 3.8) is 0 Å². The van der Waals surface area contributed by atoms with Crippen molar-refractivity contribution in [3.05, 3.63) is 18.5 Å². The summed E-state index contributed by atoms with van der Waals surface area (Å²) >= 11 is 0. The van der Waals surface area contributed by atoms with Crippen molar-refractivity contribution in [3.8, 4) is 0 Å². The predicted octanol–water partition coefficient (Wildman–Crippen LogP) is -0.401. The van der Waals surface area contributed by atoms with Crippen LogP contribution in [-0.2, 0) is 9.53 Å². The topological polar surface area (TPSA) is 50.6 Å². The van der Waals surface area contributed by atoms with Crippen molar-refractivity contribution < 1.29 is 9.53 Å². The Morgan fingerprint density at radius 2 is 2.28 bits per heavy atom. The number of nitrogens with zero attached hydrogens (tertiary/aromatic N) is 4. The molecule has 0 aromatic carbocycles. The van der Waals surface area contributed by atoms with Crippen LogP contribution in [0.25, 0.3) is 0 Å². The number of ether oxygens (including phenoxy) is 1. The Bertz CT molecular complexity index is 400. The van der Waals surface area contributed by atoms with Crippen LogP contribution in [0.2, 0.25) is 0 Å². The smallest absolute Gasteiger partial charge is 0.248 e. The molecule has 1 amide bonds. The summed E-state index contributed by atoms with van der Waals surface area (Å²) in [6.07, 6.45) is 3.82. The van der Waals surface area contributed by atoms with E-state index in [0.29, 0.717) is 12.6 Å². The number of morpholine rings is 1. The highest BCUT2D eigenvalue weighted by Gasteiger charge is 2.29. The molecule has 0 aliphatic carbocycles. The summed E-state index contributed by atoms with van der Waals surface area (Å²) in [5, 5.41) is 4.24. The number of hydrogen-bond acceptors (Lipinski definition) is 4. The third kappa shape index (κ3) is 2.39. The van der Waals surface area contributed by atoms with Crippen LogP contribution in [0.15, 0.2) is 18.5 Å². The van der Waals surface area contributed by atoms with Gasteiger partial charge in [0.15, 0.2) is 0 Å². The van der Waals surface area contributed by atoms with Gasteiger partial charge in [0.1, 0.15) is 6.61 Å². The van der Waals surface area contributed by atoms with Crippen molar-refractivity contribution in [2.24, 2.45) is 0 Å². The molecular formula is C12H18N4O2. The first-order chi connectivity index (χ1) is 8.83. The molecule has 3 rings (SSSR count). The van der Waals surface area contributed by atoms with Crippen LogP contribution in [0, 0.1) is 0 Å². The fraction of sp³-hybridized carbons (Fsp3) is 0.667. The molecule has 0 bridgehead atoms. The van der Waals surface area contributed by atoms with Gasteiger partial charge in [-0.25, -0.2) is 0 Å². The van der Waals surface area contributed by atoms with Gasteiger partial charge in [-0.3, -0.25) is 14.4 Å². The fourth-order valence-electron chi connectivity index (χ4n) is 2.44. The van der Waals surface area contributed by atoms with Crippen molar-refractivity contribution in [1.29, 1.82) is 0 Å². The Balaban J connectivity index is 1.39. The molecule has 1 aromatic rings. The average molecular weight is 250 g/mol. The van der Waals surface area contributed by atoms with Crippen molar-refractivity contribution in [2.75, 3.05) is 45.9 Å². The lowest BCUT2D eigenvalue weighted by Crippen LogP contribution is -2.52. The maximum atomic E-state index is 11.5. The SMILES string of the molecule is O=C1COCCN1CCN1CC(n2cccn2)C1. The molecule has 2 aliphatic heterocycles. The van der Waals surface area contributed by atoms with Crippen LogP contribution in [0.5, 0.6) is 0 Å². The molecule has 2 fully saturated rings. The van der Waals surface area contributed by atoms with E-state index in [4.69, 9.17) is 4.74 Å². The molecule has 1 aromatic heterocycles. The minimum atomic E-state index is 0.116. The van der Waals surface area contributed by atoms with Crippen LogP contribution in [0.3, 0.4) is 0 Å². The molecule has 2 aliphatic rings. The lowest BCUT2D eigenvalue weighted by atomic mass is 10.1. The first-order valence-electron chi connectivity index (χ1n) is 6.40. The average Bonchev–Trinajstić information content (AvgIpc) is 2.83. The Hall–Kier alpha value is -1.40. The molecule has 6 heteroatoms. The molecule has 3 heterocycles. The second-order valence-electron chi connectivity index (χ2n) is 4.83. The first-order valence-corrected chi connectivity index (χ1v) is 6.40. The van der Waals surface area contributed by atoms with Gasteiger partial charge in [0.05, 0.1) is 12.6 Å². The Kier molecular flexibility index (Phi) is 3.29. The summed E-state index contributed by atoms with van der Waals surface area (Å²) in [6, 6.07) is 2.45. The van der Waals surface area contributed by atoms with Crippen molar-refractivity contribution in [2.45, 2.75) is 6.04 Å². The molecule has 18 heavy (non-hydrogen) atoms. The number of hydrogen-bond donors (Lipinski definition) is 0. The number of carbonyl (C=O) groups is 1. The van der Waals surface area contributed by atoms with E-state index < -0.39 is 0 Å². The normalized spacial score (nSPS) is 22.2. The number of aromatic nitrogens is 2. The second kappa shape index (κ2) is 5.07. The molecule has 0 saturated carbocycles. The quantitative estimate of drug-likeness (QED) is 0.729. The molecule has 0 N–H and O–H groups in total. The van der Waals surface area contributed by atoms with Gasteiger partial charge in [0.2, 0.25) is 5.91 Å². The molecular weight excluding hydrogens is 232 g/mol. The second-order valence-corrected chi connectivity index (χ2v) is 4.83. The summed E-state index contributed by atoms with van der Waals surface area (Å²) in [4.78, 5) is 15.8. The third-order valence-corrected chi connectivity index (χ3v) is 3.61. The lowest BCUT2D eigenvalue weighted by Gasteiger charge is -2.40. The Morgan fingerprint density at radius 3 is 3.00 bits per heavy atom. The van der Waals surface area contributed by atoms with E-state index >= 15 is 0 Å². The van der Waals surface area contributed by atoms with Crippen LogP contribution < -0.4 is 0 Å². The van der Waals surface area contributed by atoms with E-state index in [1.807, 2.05) is 28.0 Å². The standard InChI is InChI=1S/C12H18N4O2/c17-12-10-18-7-6-15(12)5-4-14-8-11(9-14)16-3-1-2-13-16/h1-3,11H,4-10H2. The molecule has 0 atom stereocenters. The molecule has 6 nitrogen and oxygen atoms in total. The largest absolute Gasteiger partial charge is 0.370 e. The molecule has 98 valence electrons. The number of carbonyl (C=O) groups excluding carboxylic acids is 1. The van der Waals surface area contributed by atoms with Gasteiger partial charge >= 0.3 is 0 Å². The highest BCUT2D eigenvalue weighted by Crippen LogP contribution is 2.19. The summed E-state index contributed by atoms with van der Waals surface area (Å²) in [5.41, 5.74) is 0. The first kappa shape index (κ1) is 11.7. The maximum Gasteiger partial charge on any atom is 0.248 e. The molecule has 0 radical (unpaired) electrons. The summed E-state index contributed by atoms with van der Waals surface area (Å²) in [7, 11) is 0. The van der Waals surface area contributed by atoms with Crippen LogP contribution >= 0.6 is 0 Å². The predicted molar refractivity (Wildman–Crippen MR) is 65.1 cm³/mol. The summed E-state index contributed by atoms with van der Waals surface area (Å²) < 4.78 is 7.12. The zero-order valence-corrected chi connectivity index (χ0v) is 10.4. The zero-order chi connectivity index (χ0) is 12.4. The molecule has 0 unspecified atom stereocenters. The highest BCUT2D eigenvalue weighted by molar-refractivity contribution is 5.77. The van der Waals surface area contributed by atoms with E-state index in [9.17, 15) is 4.79 Å². The minimum Gasteiger partial charge on any atom is -0.370 e. The van der Waals surface area contributed by atoms with Crippen LogP contribution in [-0.4, -0.2) is 71.4 Å². The minimum absolute atomic E-state index is 0.116. The zero-order valence-electron chi connectivity index (χ0n) is 10.4. The van der Waals surface area contributed by atoms with Gasteiger partial charge in [-0.15, -0.1) is 0 Å². The fourth-order valence-corrected chi connectivity index (χ4v) is 2.44. The number of rotatable bonds is 4. The van der Waals surface area contributed by atoms with Gasteiger partial charge < -0.3 is 9.64 Å². The van der Waals surface area contributed by atoms with Crippen molar-refractivity contribution in [1.82, 2.24) is 19.6 Å². The maximum absolute atomic E-state index is 11.5. The highest BCUT2D eigenvalue weighted by atomic mass is 16.5. The molecule has 0 spiro atoms. The summed E-state index contributed by atoms with van der Waals surface area (Å²) in [6.45, 7) is 5.46. The number of amides is 1. The monoisotopic (exact) mass is 250 g/mol. The number of likely N-dealkylation sites (tertiary alicyclic amines) is 1. The summed E-state index contributed by atoms with van der Waals surface area (Å²) in [5.74, 6) is 0.116. The van der Waals surface area contributed by atoms with E-state index in [-0.39, 0.29) is 12.5 Å². The Labute approximate surface area is 106 Å². The lowest BCUT2D eigenvalue weighted by molar-refractivity contribution is -0.143.